The lowest BCUT2D eigenvalue weighted by molar-refractivity contribution is 0.547. The zero-order valence-electron chi connectivity index (χ0n) is 21.1. The highest BCUT2D eigenvalue weighted by Gasteiger charge is 2.31. The van der Waals surface area contributed by atoms with E-state index in [1.807, 2.05) is 6.20 Å². The van der Waals surface area contributed by atoms with E-state index in [1.165, 1.54) is 65.1 Å². The van der Waals surface area contributed by atoms with Crippen molar-refractivity contribution >= 4 is 13.3 Å². The minimum Gasteiger partial charge on any atom is -0.260 e. The molecule has 2 aliphatic carbocycles. The average molecular weight is 475 g/mol. The lowest BCUT2D eigenvalue weighted by Gasteiger charge is -2.23. The van der Waals surface area contributed by atoms with Gasteiger partial charge in [-0.3, -0.25) is 9.97 Å². The average Bonchev–Trinajstić information content (AvgIpc) is 3.49. The highest BCUT2D eigenvalue weighted by atomic mass is 28.3. The van der Waals surface area contributed by atoms with Crippen LogP contribution in [0.1, 0.15) is 54.0 Å². The Morgan fingerprint density at radius 1 is 0.829 bits per heavy atom. The molecular weight excluding hydrogens is 440 g/mol. The van der Waals surface area contributed by atoms with Crippen molar-refractivity contribution in [1.82, 2.24) is 9.97 Å². The van der Waals surface area contributed by atoms with Gasteiger partial charge in [0, 0.05) is 23.5 Å². The van der Waals surface area contributed by atoms with Gasteiger partial charge >= 0.3 is 0 Å². The predicted molar refractivity (Wildman–Crippen MR) is 149 cm³/mol. The van der Waals surface area contributed by atoms with Gasteiger partial charge in [0.15, 0.2) is 0 Å². The van der Waals surface area contributed by atoms with Crippen molar-refractivity contribution in [2.24, 2.45) is 5.92 Å². The summed E-state index contributed by atoms with van der Waals surface area (Å²) in [5, 5.41) is 1.54. The van der Waals surface area contributed by atoms with Gasteiger partial charge in [0.2, 0.25) is 0 Å². The molecule has 3 heteroatoms. The number of benzene rings is 2. The summed E-state index contributed by atoms with van der Waals surface area (Å²) in [6.45, 7) is 7.35. The van der Waals surface area contributed by atoms with E-state index in [0.717, 1.165) is 17.3 Å². The molecule has 0 spiro atoms. The molecule has 176 valence electrons. The second-order valence-electron chi connectivity index (χ2n) is 11.4. The molecule has 0 saturated heterocycles. The van der Waals surface area contributed by atoms with Crippen LogP contribution in [0.4, 0.5) is 0 Å². The van der Waals surface area contributed by atoms with Gasteiger partial charge < -0.3 is 0 Å². The van der Waals surface area contributed by atoms with Gasteiger partial charge in [-0.1, -0.05) is 93.9 Å². The molecule has 1 unspecified atom stereocenters. The van der Waals surface area contributed by atoms with Gasteiger partial charge in [-0.15, -0.1) is 0 Å². The van der Waals surface area contributed by atoms with Crippen molar-refractivity contribution in [1.29, 1.82) is 0 Å². The number of pyridine rings is 2. The Morgan fingerprint density at radius 3 is 2.40 bits per heavy atom. The van der Waals surface area contributed by atoms with E-state index in [-0.39, 0.29) is 5.92 Å². The predicted octanol–water partition coefficient (Wildman–Crippen LogP) is 7.58. The molecule has 2 heterocycles. The third kappa shape index (κ3) is 4.16. The van der Waals surface area contributed by atoms with E-state index < -0.39 is 8.07 Å². The number of nitrogens with zero attached hydrogens (tertiary/aromatic N) is 2. The molecule has 35 heavy (non-hydrogen) atoms. The normalized spacial score (nSPS) is 17.4. The summed E-state index contributed by atoms with van der Waals surface area (Å²) in [7, 11) is -1.46. The first-order valence-electron chi connectivity index (χ1n) is 13.1. The molecule has 2 aromatic carbocycles. The van der Waals surface area contributed by atoms with Crippen molar-refractivity contribution in [2.45, 2.75) is 57.7 Å². The molecule has 2 aliphatic rings. The molecule has 0 amide bonds. The molecule has 1 fully saturated rings. The zero-order chi connectivity index (χ0) is 24.0. The number of hydrogen-bond acceptors (Lipinski definition) is 2. The molecule has 6 rings (SSSR count). The van der Waals surface area contributed by atoms with Gasteiger partial charge in [-0.25, -0.2) is 0 Å². The molecule has 2 nitrogen and oxygen atoms in total. The van der Waals surface area contributed by atoms with Crippen LogP contribution in [0, 0.1) is 5.92 Å². The molecule has 2 aromatic heterocycles. The summed E-state index contributed by atoms with van der Waals surface area (Å²) < 4.78 is 0. The molecule has 0 bridgehead atoms. The summed E-state index contributed by atoms with van der Waals surface area (Å²) in [5.74, 6) is 1.03. The van der Waals surface area contributed by atoms with Crippen LogP contribution >= 0.6 is 0 Å². The minimum atomic E-state index is -1.46. The van der Waals surface area contributed by atoms with Gasteiger partial charge in [-0.05, 0) is 58.0 Å². The highest BCUT2D eigenvalue weighted by Crippen LogP contribution is 2.47. The Morgan fingerprint density at radius 2 is 1.63 bits per heavy atom. The molecular formula is C32H34N2Si. The second-order valence-corrected chi connectivity index (χ2v) is 16.5. The van der Waals surface area contributed by atoms with Gasteiger partial charge in [-0.2, -0.15) is 0 Å². The fourth-order valence-corrected chi connectivity index (χ4v) is 7.82. The number of hydrogen-bond donors (Lipinski definition) is 0. The largest absolute Gasteiger partial charge is 0.260 e. The minimum absolute atomic E-state index is 0.191. The zero-order valence-corrected chi connectivity index (χ0v) is 22.1. The number of fused-ring (bicyclic) bond motifs is 3. The Hall–Kier alpha value is -3.04. The van der Waals surface area contributed by atoms with Crippen LogP contribution in [0.25, 0.3) is 22.4 Å². The van der Waals surface area contributed by atoms with Crippen molar-refractivity contribution in [3.05, 3.63) is 102 Å². The standard InChI is InChI=1S/C32H34N2Si/c1-35(2,3)30-21-34-29(20-25(30)18-22-10-7-8-11-22)24-15-16-26-28(19-24)27-14-9-17-33-32(27)31(26)23-12-5-4-6-13-23/h4-6,9,12-17,19-22,31H,7-8,10-11,18H2,1-3H3. The second kappa shape index (κ2) is 8.87. The lowest BCUT2D eigenvalue weighted by Crippen LogP contribution is -2.41. The highest BCUT2D eigenvalue weighted by molar-refractivity contribution is 6.89. The Labute approximate surface area is 210 Å². The van der Waals surface area contributed by atoms with Gasteiger partial charge in [0.25, 0.3) is 0 Å². The van der Waals surface area contributed by atoms with Crippen LogP contribution < -0.4 is 5.19 Å². The molecule has 1 atom stereocenters. The monoisotopic (exact) mass is 474 g/mol. The van der Waals surface area contributed by atoms with E-state index in [0.29, 0.717) is 0 Å². The Bertz CT molecular complexity index is 1360. The van der Waals surface area contributed by atoms with E-state index in [9.17, 15) is 0 Å². The maximum atomic E-state index is 5.03. The molecule has 0 radical (unpaired) electrons. The Kier molecular flexibility index (Phi) is 5.68. The fourth-order valence-electron chi connectivity index (χ4n) is 6.23. The van der Waals surface area contributed by atoms with Crippen molar-refractivity contribution < 1.29 is 0 Å². The summed E-state index contributed by atoms with van der Waals surface area (Å²) in [6.07, 6.45) is 10.9. The van der Waals surface area contributed by atoms with Crippen molar-refractivity contribution in [3.63, 3.8) is 0 Å². The van der Waals surface area contributed by atoms with Gasteiger partial charge in [0.05, 0.1) is 25.4 Å². The van der Waals surface area contributed by atoms with E-state index in [1.54, 1.807) is 5.56 Å². The number of aromatic nitrogens is 2. The quantitative estimate of drug-likeness (QED) is 0.245. The van der Waals surface area contributed by atoms with Crippen LogP contribution in [0.2, 0.25) is 19.6 Å². The summed E-state index contributed by atoms with van der Waals surface area (Å²) >= 11 is 0. The van der Waals surface area contributed by atoms with Crippen LogP contribution in [-0.4, -0.2) is 18.0 Å². The summed E-state index contributed by atoms with van der Waals surface area (Å²) in [5.41, 5.74) is 10.2. The molecule has 1 saturated carbocycles. The van der Waals surface area contributed by atoms with Crippen LogP contribution in [0.15, 0.2) is 79.1 Å². The number of rotatable bonds is 5. The van der Waals surface area contributed by atoms with E-state index >= 15 is 0 Å². The fraction of sp³-hybridized carbons (Fsp3) is 0.312. The Balaban J connectivity index is 1.44. The van der Waals surface area contributed by atoms with Crippen molar-refractivity contribution in [3.8, 4) is 22.4 Å². The maximum absolute atomic E-state index is 5.03. The molecule has 0 aliphatic heterocycles. The first kappa shape index (κ1) is 22.4. The first-order valence-corrected chi connectivity index (χ1v) is 16.6. The maximum Gasteiger partial charge on any atom is 0.0799 e. The lowest BCUT2D eigenvalue weighted by atomic mass is 9.91. The smallest absolute Gasteiger partial charge is 0.0799 e. The SMILES string of the molecule is C[Si](C)(C)c1cnc(-c2ccc3c(c2)-c2cccnc2C3c2ccccc2)cc1CC1CCCC1. The molecule has 0 N–H and O–H groups in total. The van der Waals surface area contributed by atoms with E-state index in [2.05, 4.69) is 92.6 Å². The van der Waals surface area contributed by atoms with Crippen molar-refractivity contribution in [2.75, 3.05) is 0 Å². The topological polar surface area (TPSA) is 25.8 Å². The van der Waals surface area contributed by atoms with E-state index in [4.69, 9.17) is 9.97 Å². The third-order valence-electron chi connectivity index (χ3n) is 7.98. The summed E-state index contributed by atoms with van der Waals surface area (Å²) in [4.78, 5) is 9.86. The van der Waals surface area contributed by atoms with Crippen LogP contribution in [0.5, 0.6) is 0 Å². The van der Waals surface area contributed by atoms with Gasteiger partial charge in [0.1, 0.15) is 0 Å². The molecule has 4 aromatic rings. The van der Waals surface area contributed by atoms with Crippen LogP contribution in [-0.2, 0) is 6.42 Å². The summed E-state index contributed by atoms with van der Waals surface area (Å²) in [6, 6.07) is 24.4. The van der Waals surface area contributed by atoms with Crippen LogP contribution in [0.3, 0.4) is 0 Å². The third-order valence-corrected chi connectivity index (χ3v) is 10.0. The first-order chi connectivity index (χ1) is 17.0.